The molecule has 2 N–H and O–H groups in total. The van der Waals surface area contributed by atoms with Crippen molar-refractivity contribution in [2.24, 2.45) is 0 Å². The fraction of sp³-hybridized carbons (Fsp3) is 0.182. The maximum Gasteiger partial charge on any atom is 0.256 e. The minimum absolute atomic E-state index is 0.111. The van der Waals surface area contributed by atoms with Crippen molar-refractivity contribution < 1.29 is 9.59 Å². The Hall–Kier alpha value is -3.19. The molecule has 0 unspecified atom stereocenters. The lowest BCUT2D eigenvalue weighted by molar-refractivity contribution is -0.113. The van der Waals surface area contributed by atoms with Gasteiger partial charge in [-0.1, -0.05) is 47.2 Å². The molecule has 0 saturated carbocycles. The van der Waals surface area contributed by atoms with E-state index in [9.17, 15) is 9.59 Å². The van der Waals surface area contributed by atoms with E-state index in [4.69, 9.17) is 0 Å². The Kier molecular flexibility index (Phi) is 6.61. The maximum absolute atomic E-state index is 12.2. The molecule has 0 aliphatic carbocycles. The number of amides is 2. The number of hydrogen-bond donors (Lipinski definition) is 2. The summed E-state index contributed by atoms with van der Waals surface area (Å²) in [6.45, 7) is 5.94. The van der Waals surface area contributed by atoms with Crippen LogP contribution < -0.4 is 10.6 Å². The van der Waals surface area contributed by atoms with Gasteiger partial charge in [0.05, 0.1) is 5.75 Å². The molecule has 0 fully saturated rings. The van der Waals surface area contributed by atoms with E-state index < -0.39 is 0 Å². The Morgan fingerprint density at radius 1 is 0.862 bits per heavy atom. The van der Waals surface area contributed by atoms with Crippen molar-refractivity contribution in [3.05, 3.63) is 76.9 Å². The standard InChI is InChI=1S/C22H22N4O2S/c1-14-4-7-17(8-5-14)22(28)24-19-10-11-21(26-25-19)29-13-20(27)23-18-9-6-15(2)12-16(18)3/h4-12H,13H2,1-3H3,(H,23,27)(H,24,25,28). The van der Waals surface area contributed by atoms with Crippen molar-refractivity contribution in [2.75, 3.05) is 16.4 Å². The van der Waals surface area contributed by atoms with Gasteiger partial charge < -0.3 is 10.6 Å². The first-order valence-corrected chi connectivity index (χ1v) is 10.1. The van der Waals surface area contributed by atoms with E-state index >= 15 is 0 Å². The molecule has 2 amide bonds. The summed E-state index contributed by atoms with van der Waals surface area (Å²) >= 11 is 1.28. The number of aryl methyl sites for hydroxylation is 3. The van der Waals surface area contributed by atoms with Crippen molar-refractivity contribution in [2.45, 2.75) is 25.8 Å². The zero-order valence-corrected chi connectivity index (χ0v) is 17.3. The molecule has 29 heavy (non-hydrogen) atoms. The van der Waals surface area contributed by atoms with Crippen LogP contribution >= 0.6 is 11.8 Å². The van der Waals surface area contributed by atoms with Gasteiger partial charge in [0.15, 0.2) is 5.82 Å². The van der Waals surface area contributed by atoms with Crippen LogP contribution in [-0.2, 0) is 4.79 Å². The molecule has 3 aromatic rings. The van der Waals surface area contributed by atoms with Gasteiger partial charge in [-0.25, -0.2) is 0 Å². The molecule has 148 valence electrons. The van der Waals surface area contributed by atoms with Crippen LogP contribution in [0.1, 0.15) is 27.0 Å². The Morgan fingerprint density at radius 3 is 2.24 bits per heavy atom. The number of benzene rings is 2. The quantitative estimate of drug-likeness (QED) is 0.593. The Morgan fingerprint density at radius 2 is 1.59 bits per heavy atom. The van der Waals surface area contributed by atoms with E-state index in [1.165, 1.54) is 11.8 Å². The minimum Gasteiger partial charge on any atom is -0.325 e. The number of nitrogens with one attached hydrogen (secondary N) is 2. The number of anilines is 2. The van der Waals surface area contributed by atoms with Crippen molar-refractivity contribution in [1.82, 2.24) is 10.2 Å². The van der Waals surface area contributed by atoms with E-state index in [1.54, 1.807) is 24.3 Å². The van der Waals surface area contributed by atoms with Crippen LogP contribution in [-0.4, -0.2) is 27.8 Å². The summed E-state index contributed by atoms with van der Waals surface area (Å²) in [5.41, 5.74) is 4.63. The molecule has 0 spiro atoms. The normalized spacial score (nSPS) is 10.4. The van der Waals surface area contributed by atoms with E-state index in [0.29, 0.717) is 16.4 Å². The number of nitrogens with zero attached hydrogens (tertiary/aromatic N) is 2. The molecule has 1 heterocycles. The lowest BCUT2D eigenvalue weighted by Gasteiger charge is -2.09. The number of rotatable bonds is 6. The van der Waals surface area contributed by atoms with E-state index in [-0.39, 0.29) is 17.6 Å². The Bertz CT molecular complexity index is 1020. The van der Waals surface area contributed by atoms with Crippen molar-refractivity contribution in [1.29, 1.82) is 0 Å². The van der Waals surface area contributed by atoms with Gasteiger partial charge in [0.25, 0.3) is 5.91 Å². The predicted octanol–water partition coefficient (Wildman–Crippen LogP) is 4.38. The van der Waals surface area contributed by atoms with Crippen molar-refractivity contribution in [3.63, 3.8) is 0 Å². The van der Waals surface area contributed by atoms with Crippen LogP contribution in [0.4, 0.5) is 11.5 Å². The summed E-state index contributed by atoms with van der Waals surface area (Å²) < 4.78 is 0. The summed E-state index contributed by atoms with van der Waals surface area (Å²) in [6.07, 6.45) is 0. The number of hydrogen-bond acceptors (Lipinski definition) is 5. The van der Waals surface area contributed by atoms with Gasteiger partial charge in [-0.15, -0.1) is 10.2 Å². The topological polar surface area (TPSA) is 84.0 Å². The monoisotopic (exact) mass is 406 g/mol. The summed E-state index contributed by atoms with van der Waals surface area (Å²) in [7, 11) is 0. The molecule has 2 aromatic carbocycles. The maximum atomic E-state index is 12.2. The van der Waals surface area contributed by atoms with Crippen LogP contribution in [0, 0.1) is 20.8 Å². The minimum atomic E-state index is -0.243. The second-order valence-electron chi connectivity index (χ2n) is 6.73. The zero-order valence-electron chi connectivity index (χ0n) is 16.5. The van der Waals surface area contributed by atoms with Gasteiger partial charge in [0.1, 0.15) is 5.03 Å². The third kappa shape index (κ3) is 5.89. The fourth-order valence-corrected chi connectivity index (χ4v) is 3.25. The zero-order chi connectivity index (χ0) is 20.8. The molecule has 0 aliphatic heterocycles. The second-order valence-corrected chi connectivity index (χ2v) is 7.73. The average molecular weight is 407 g/mol. The smallest absolute Gasteiger partial charge is 0.256 e. The van der Waals surface area contributed by atoms with Gasteiger partial charge in [-0.3, -0.25) is 9.59 Å². The Balaban J connectivity index is 1.51. The van der Waals surface area contributed by atoms with Gasteiger partial charge in [-0.05, 0) is 56.7 Å². The Labute approximate surface area is 174 Å². The first kappa shape index (κ1) is 20.5. The summed E-state index contributed by atoms with van der Waals surface area (Å²) in [5.74, 6) is 0.226. The molecule has 1 aromatic heterocycles. The largest absolute Gasteiger partial charge is 0.325 e. The molecule has 0 bridgehead atoms. The van der Waals surface area contributed by atoms with Crippen LogP contribution in [0.5, 0.6) is 0 Å². The second kappa shape index (κ2) is 9.34. The van der Waals surface area contributed by atoms with Gasteiger partial charge in [-0.2, -0.15) is 0 Å². The van der Waals surface area contributed by atoms with Gasteiger partial charge in [0.2, 0.25) is 5.91 Å². The fourth-order valence-electron chi connectivity index (χ4n) is 2.64. The SMILES string of the molecule is Cc1ccc(C(=O)Nc2ccc(SCC(=O)Nc3ccc(C)cc3C)nn2)cc1. The van der Waals surface area contributed by atoms with Gasteiger partial charge >= 0.3 is 0 Å². The summed E-state index contributed by atoms with van der Waals surface area (Å²) in [5, 5.41) is 14.3. The molecule has 0 aliphatic rings. The van der Waals surface area contributed by atoms with Gasteiger partial charge in [0, 0.05) is 11.3 Å². The molecule has 3 rings (SSSR count). The van der Waals surface area contributed by atoms with Crippen LogP contribution in [0.2, 0.25) is 0 Å². The number of carbonyl (C=O) groups excluding carboxylic acids is 2. The summed E-state index contributed by atoms with van der Waals surface area (Å²) in [6, 6.07) is 16.6. The predicted molar refractivity (Wildman–Crippen MR) is 116 cm³/mol. The first-order chi connectivity index (χ1) is 13.9. The molecular formula is C22H22N4O2S. The highest BCUT2D eigenvalue weighted by Crippen LogP contribution is 2.19. The van der Waals surface area contributed by atoms with Crippen LogP contribution in [0.3, 0.4) is 0 Å². The van der Waals surface area contributed by atoms with E-state index in [0.717, 1.165) is 22.4 Å². The third-order valence-corrected chi connectivity index (χ3v) is 5.12. The first-order valence-electron chi connectivity index (χ1n) is 9.12. The number of carbonyl (C=O) groups is 2. The molecule has 0 atom stereocenters. The molecule has 6 nitrogen and oxygen atoms in total. The average Bonchev–Trinajstić information content (AvgIpc) is 2.70. The lowest BCUT2D eigenvalue weighted by Crippen LogP contribution is -2.15. The molecular weight excluding hydrogens is 384 g/mol. The highest BCUT2D eigenvalue weighted by molar-refractivity contribution is 7.99. The third-order valence-electron chi connectivity index (χ3n) is 4.20. The number of thioether (sulfide) groups is 1. The number of aromatic nitrogens is 2. The summed E-state index contributed by atoms with van der Waals surface area (Å²) in [4.78, 5) is 24.4. The van der Waals surface area contributed by atoms with E-state index in [1.807, 2.05) is 51.1 Å². The van der Waals surface area contributed by atoms with E-state index in [2.05, 4.69) is 20.8 Å². The highest BCUT2D eigenvalue weighted by atomic mass is 32.2. The van der Waals surface area contributed by atoms with Crippen LogP contribution in [0.25, 0.3) is 0 Å². The highest BCUT2D eigenvalue weighted by Gasteiger charge is 2.09. The lowest BCUT2D eigenvalue weighted by atomic mass is 10.1. The van der Waals surface area contributed by atoms with Crippen molar-refractivity contribution >= 4 is 35.1 Å². The molecule has 0 saturated heterocycles. The van der Waals surface area contributed by atoms with Crippen molar-refractivity contribution in [3.8, 4) is 0 Å². The molecule has 0 radical (unpaired) electrons. The van der Waals surface area contributed by atoms with Crippen LogP contribution in [0.15, 0.2) is 59.6 Å². The molecule has 7 heteroatoms.